The van der Waals surface area contributed by atoms with Gasteiger partial charge in [0.15, 0.2) is 0 Å². The molecule has 33 heavy (non-hydrogen) atoms. The Labute approximate surface area is 193 Å². The van der Waals surface area contributed by atoms with Gasteiger partial charge in [-0.05, 0) is 47.9 Å². The van der Waals surface area contributed by atoms with Gasteiger partial charge < -0.3 is 20.1 Å². The van der Waals surface area contributed by atoms with Crippen LogP contribution in [-0.4, -0.2) is 53.2 Å². The number of amides is 2. The van der Waals surface area contributed by atoms with Gasteiger partial charge in [0.2, 0.25) is 5.91 Å². The number of benzene rings is 2. The summed E-state index contributed by atoms with van der Waals surface area (Å²) in [7, 11) is 0. The van der Waals surface area contributed by atoms with E-state index in [2.05, 4.69) is 24.0 Å². The summed E-state index contributed by atoms with van der Waals surface area (Å²) in [5.74, 6) is -1.50. The third-order valence-corrected chi connectivity index (χ3v) is 6.41. The molecule has 0 aromatic heterocycles. The zero-order valence-corrected chi connectivity index (χ0v) is 18.4. The number of hydrogen-bond acceptors (Lipinski definition) is 4. The van der Waals surface area contributed by atoms with Crippen molar-refractivity contribution in [2.75, 3.05) is 13.2 Å². The molecule has 1 unspecified atom stereocenters. The van der Waals surface area contributed by atoms with Gasteiger partial charge in [-0.1, -0.05) is 54.6 Å². The van der Waals surface area contributed by atoms with Gasteiger partial charge in [0.1, 0.15) is 18.7 Å². The zero-order chi connectivity index (χ0) is 23.4. The largest absolute Gasteiger partial charge is 0.480 e. The fourth-order valence-corrected chi connectivity index (χ4v) is 4.81. The SMILES string of the molecule is C=CCCC(NC(=O)OCC1c2ccccc2-c2ccccc21)C(=O)N1CCC[C@@H]1C(=O)O. The van der Waals surface area contributed by atoms with Crippen molar-refractivity contribution in [1.29, 1.82) is 0 Å². The Morgan fingerprint density at radius 2 is 1.76 bits per heavy atom. The minimum Gasteiger partial charge on any atom is -0.480 e. The molecule has 2 N–H and O–H groups in total. The van der Waals surface area contributed by atoms with Gasteiger partial charge >= 0.3 is 12.1 Å². The van der Waals surface area contributed by atoms with Crippen molar-refractivity contribution in [2.24, 2.45) is 0 Å². The molecule has 172 valence electrons. The second kappa shape index (κ2) is 9.90. The lowest BCUT2D eigenvalue weighted by molar-refractivity contribution is -0.149. The summed E-state index contributed by atoms with van der Waals surface area (Å²) < 4.78 is 5.57. The third kappa shape index (κ3) is 4.62. The standard InChI is InChI=1S/C26H28N2O5/c1-2-3-13-22(24(29)28-15-8-14-23(28)25(30)31)27-26(32)33-16-21-19-11-6-4-9-17(19)18-10-5-7-12-20(18)21/h2,4-7,9-12,21-23H,1,3,8,13-16H2,(H,27,32)(H,30,31)/t22?,23-/m1/s1. The predicted molar refractivity (Wildman–Crippen MR) is 124 cm³/mol. The van der Waals surface area contributed by atoms with Crippen LogP contribution in [0.15, 0.2) is 61.2 Å². The van der Waals surface area contributed by atoms with E-state index in [0.717, 1.165) is 22.3 Å². The first-order valence-corrected chi connectivity index (χ1v) is 11.3. The van der Waals surface area contributed by atoms with Crippen molar-refractivity contribution in [1.82, 2.24) is 10.2 Å². The van der Waals surface area contributed by atoms with E-state index in [1.165, 1.54) is 4.90 Å². The Hall–Kier alpha value is -3.61. The molecule has 0 saturated carbocycles. The average molecular weight is 449 g/mol. The second-order valence-electron chi connectivity index (χ2n) is 8.42. The molecule has 2 aromatic rings. The quantitative estimate of drug-likeness (QED) is 0.597. The lowest BCUT2D eigenvalue weighted by atomic mass is 9.98. The number of carbonyl (C=O) groups excluding carboxylic acids is 2. The molecular formula is C26H28N2O5. The summed E-state index contributed by atoms with van der Waals surface area (Å²) in [6, 6.07) is 14.4. The number of fused-ring (bicyclic) bond motifs is 3. The van der Waals surface area contributed by atoms with E-state index in [-0.39, 0.29) is 12.5 Å². The number of rotatable bonds is 8. The van der Waals surface area contributed by atoms with Crippen LogP contribution >= 0.6 is 0 Å². The van der Waals surface area contributed by atoms with Crippen LogP contribution in [-0.2, 0) is 14.3 Å². The molecule has 2 aliphatic rings. The first-order chi connectivity index (χ1) is 16.0. The number of nitrogens with one attached hydrogen (secondary N) is 1. The van der Waals surface area contributed by atoms with Crippen molar-refractivity contribution >= 4 is 18.0 Å². The predicted octanol–water partition coefficient (Wildman–Crippen LogP) is 3.94. The van der Waals surface area contributed by atoms with Gasteiger partial charge in [-0.15, -0.1) is 6.58 Å². The molecular weight excluding hydrogens is 420 g/mol. The number of hydrogen-bond donors (Lipinski definition) is 2. The first kappa shape index (κ1) is 22.6. The van der Waals surface area contributed by atoms with Gasteiger partial charge in [0, 0.05) is 12.5 Å². The van der Waals surface area contributed by atoms with Crippen LogP contribution in [0.5, 0.6) is 0 Å². The van der Waals surface area contributed by atoms with Gasteiger partial charge in [0.25, 0.3) is 0 Å². The van der Waals surface area contributed by atoms with E-state index >= 15 is 0 Å². The van der Waals surface area contributed by atoms with Crippen LogP contribution in [0.4, 0.5) is 4.79 Å². The molecule has 2 amide bonds. The van der Waals surface area contributed by atoms with Crippen molar-refractivity contribution in [3.05, 3.63) is 72.3 Å². The van der Waals surface area contributed by atoms with Gasteiger partial charge in [-0.25, -0.2) is 9.59 Å². The average Bonchev–Trinajstić information content (AvgIpc) is 3.43. The van der Waals surface area contributed by atoms with Gasteiger partial charge in [-0.3, -0.25) is 4.79 Å². The van der Waals surface area contributed by atoms with E-state index in [4.69, 9.17) is 4.74 Å². The summed E-state index contributed by atoms with van der Waals surface area (Å²) in [6.45, 7) is 4.19. The van der Waals surface area contributed by atoms with E-state index in [0.29, 0.717) is 32.2 Å². The van der Waals surface area contributed by atoms with Crippen molar-refractivity contribution in [3.8, 4) is 11.1 Å². The third-order valence-electron chi connectivity index (χ3n) is 6.41. The zero-order valence-electron chi connectivity index (χ0n) is 18.4. The molecule has 0 bridgehead atoms. The molecule has 1 heterocycles. The second-order valence-corrected chi connectivity index (χ2v) is 8.42. The number of carbonyl (C=O) groups is 3. The van der Waals surface area contributed by atoms with Gasteiger partial charge in [-0.2, -0.15) is 0 Å². The maximum absolute atomic E-state index is 13.0. The number of nitrogens with zero attached hydrogens (tertiary/aromatic N) is 1. The molecule has 7 heteroatoms. The van der Waals surface area contributed by atoms with Crippen LogP contribution in [0, 0.1) is 0 Å². The highest BCUT2D eigenvalue weighted by atomic mass is 16.5. The summed E-state index contributed by atoms with van der Waals surface area (Å²) in [4.78, 5) is 38.6. The Balaban J connectivity index is 1.44. The van der Waals surface area contributed by atoms with Crippen LogP contribution in [0.25, 0.3) is 11.1 Å². The molecule has 7 nitrogen and oxygen atoms in total. The fraction of sp³-hybridized carbons (Fsp3) is 0.346. The topological polar surface area (TPSA) is 95.9 Å². The van der Waals surface area contributed by atoms with E-state index < -0.39 is 30.1 Å². The minimum absolute atomic E-state index is 0.0829. The molecule has 1 aliphatic heterocycles. The molecule has 2 atom stereocenters. The van der Waals surface area contributed by atoms with Crippen molar-refractivity contribution in [3.63, 3.8) is 0 Å². The number of likely N-dealkylation sites (tertiary alicyclic amines) is 1. The van der Waals surface area contributed by atoms with Crippen LogP contribution in [0.3, 0.4) is 0 Å². The maximum Gasteiger partial charge on any atom is 0.407 e. The number of allylic oxidation sites excluding steroid dienone is 1. The molecule has 1 fully saturated rings. The molecule has 4 rings (SSSR count). The first-order valence-electron chi connectivity index (χ1n) is 11.3. The van der Waals surface area contributed by atoms with Crippen molar-refractivity contribution < 1.29 is 24.2 Å². The monoisotopic (exact) mass is 448 g/mol. The van der Waals surface area contributed by atoms with E-state index in [1.807, 2.05) is 36.4 Å². The van der Waals surface area contributed by atoms with E-state index in [1.54, 1.807) is 6.08 Å². The maximum atomic E-state index is 13.0. The summed E-state index contributed by atoms with van der Waals surface area (Å²) >= 11 is 0. The molecule has 0 spiro atoms. The Morgan fingerprint density at radius 1 is 1.12 bits per heavy atom. The summed E-state index contributed by atoms with van der Waals surface area (Å²) in [5, 5.41) is 12.1. The highest BCUT2D eigenvalue weighted by molar-refractivity contribution is 5.89. The number of aliphatic carboxylic acids is 1. The van der Waals surface area contributed by atoms with E-state index in [9.17, 15) is 19.5 Å². The Bertz CT molecular complexity index is 1020. The number of alkyl carbamates (subject to hydrolysis) is 1. The van der Waals surface area contributed by atoms with Crippen LogP contribution < -0.4 is 5.32 Å². The highest BCUT2D eigenvalue weighted by Gasteiger charge is 2.37. The number of carboxylic acids is 1. The number of ether oxygens (including phenoxy) is 1. The summed E-state index contributed by atoms with van der Waals surface area (Å²) in [6.07, 6.45) is 2.85. The molecule has 0 radical (unpaired) electrons. The normalized spacial score (nSPS) is 17.7. The summed E-state index contributed by atoms with van der Waals surface area (Å²) in [5.41, 5.74) is 4.48. The number of carboxylic acid groups (broad SMARTS) is 1. The molecule has 1 aliphatic carbocycles. The van der Waals surface area contributed by atoms with Crippen molar-refractivity contribution in [2.45, 2.75) is 43.7 Å². The van der Waals surface area contributed by atoms with Crippen LogP contribution in [0.2, 0.25) is 0 Å². The minimum atomic E-state index is -1.02. The fourth-order valence-electron chi connectivity index (χ4n) is 4.81. The van der Waals surface area contributed by atoms with Gasteiger partial charge in [0.05, 0.1) is 0 Å². The lowest BCUT2D eigenvalue weighted by Gasteiger charge is -2.27. The Morgan fingerprint density at radius 3 is 2.36 bits per heavy atom. The molecule has 1 saturated heterocycles. The smallest absolute Gasteiger partial charge is 0.407 e. The molecule has 2 aromatic carbocycles. The Kier molecular flexibility index (Phi) is 6.77. The highest BCUT2D eigenvalue weighted by Crippen LogP contribution is 2.44. The lowest BCUT2D eigenvalue weighted by Crippen LogP contribution is -2.51. The van der Waals surface area contributed by atoms with Crippen LogP contribution in [0.1, 0.15) is 42.7 Å².